The van der Waals surface area contributed by atoms with Crippen LogP contribution in [0.25, 0.3) is 11.1 Å². The van der Waals surface area contributed by atoms with E-state index in [0.29, 0.717) is 25.9 Å². The first-order valence-corrected chi connectivity index (χ1v) is 13.8. The molecule has 5 atom stereocenters. The summed E-state index contributed by atoms with van der Waals surface area (Å²) >= 11 is 0. The van der Waals surface area contributed by atoms with E-state index < -0.39 is 35.5 Å². The lowest BCUT2D eigenvalue weighted by atomic mass is 9.86. The van der Waals surface area contributed by atoms with E-state index in [9.17, 15) is 5.11 Å². The predicted molar refractivity (Wildman–Crippen MR) is 135 cm³/mol. The van der Waals surface area contributed by atoms with Crippen molar-refractivity contribution in [2.45, 2.75) is 108 Å². The fraction of sp³-hybridized carbons (Fsp3) is 0.600. The van der Waals surface area contributed by atoms with Gasteiger partial charge >= 0.3 is 0 Å². The Morgan fingerprint density at radius 1 is 0.730 bits per heavy atom. The first-order valence-electron chi connectivity index (χ1n) is 13.8. The van der Waals surface area contributed by atoms with E-state index in [1.807, 2.05) is 6.92 Å². The van der Waals surface area contributed by atoms with Gasteiger partial charge in [-0.2, -0.15) is 0 Å². The number of hydrogen-bond donors (Lipinski definition) is 1. The number of rotatable bonds is 9. The molecule has 0 radical (unpaired) electrons. The normalized spacial score (nSPS) is 26.4. The Hall–Kier alpha value is -1.96. The molecule has 4 rings (SSSR count). The maximum absolute atomic E-state index is 15.2. The Morgan fingerprint density at radius 3 is 1.97 bits per heavy atom. The summed E-state index contributed by atoms with van der Waals surface area (Å²) in [5, 5.41) is 10.4. The molecule has 0 amide bonds. The van der Waals surface area contributed by atoms with E-state index >= 15 is 17.6 Å². The molecule has 0 saturated carbocycles. The van der Waals surface area contributed by atoms with Crippen LogP contribution in [-0.2, 0) is 9.47 Å². The lowest BCUT2D eigenvalue weighted by molar-refractivity contribution is -0.176. The number of aliphatic hydroxyl groups is 1. The Morgan fingerprint density at radius 2 is 1.38 bits per heavy atom. The van der Waals surface area contributed by atoms with E-state index in [-0.39, 0.29) is 40.4 Å². The molecule has 2 fully saturated rings. The fourth-order valence-corrected chi connectivity index (χ4v) is 5.76. The zero-order valence-corrected chi connectivity index (χ0v) is 21.7. The monoisotopic (exact) mass is 522 g/mol. The van der Waals surface area contributed by atoms with Gasteiger partial charge in [-0.25, -0.2) is 17.6 Å². The van der Waals surface area contributed by atoms with Crippen molar-refractivity contribution in [2.75, 3.05) is 6.61 Å². The average molecular weight is 523 g/mol. The molecule has 0 aromatic heterocycles. The van der Waals surface area contributed by atoms with Crippen molar-refractivity contribution in [1.82, 2.24) is 0 Å². The van der Waals surface area contributed by atoms with Crippen LogP contribution >= 0.6 is 0 Å². The van der Waals surface area contributed by atoms with Gasteiger partial charge in [-0.15, -0.1) is 0 Å². The van der Waals surface area contributed by atoms with Crippen molar-refractivity contribution in [1.29, 1.82) is 0 Å². The number of hydrogen-bond acceptors (Lipinski definition) is 3. The summed E-state index contributed by atoms with van der Waals surface area (Å²) in [5.74, 6) is -5.67. The van der Waals surface area contributed by atoms with Crippen LogP contribution in [0.15, 0.2) is 24.3 Å². The van der Waals surface area contributed by atoms with E-state index in [1.54, 1.807) is 0 Å². The van der Waals surface area contributed by atoms with Crippen LogP contribution in [0.2, 0.25) is 0 Å². The molecule has 2 aliphatic heterocycles. The zero-order valence-electron chi connectivity index (χ0n) is 21.7. The second-order valence-electron chi connectivity index (χ2n) is 10.5. The minimum Gasteiger partial charge on any atom is -0.378 e. The Labute approximate surface area is 217 Å². The SMILES string of the molecule is CCCCCC1CCC(c2ccc(-c3ccc(C4CCC(CCC)OC4O)c(F)c3F)c(F)c2F)CO1. The van der Waals surface area contributed by atoms with Gasteiger partial charge in [-0.05, 0) is 49.7 Å². The third-order valence-corrected chi connectivity index (χ3v) is 7.94. The Bertz CT molecular complexity index is 1050. The lowest BCUT2D eigenvalue weighted by Gasteiger charge is -2.34. The highest BCUT2D eigenvalue weighted by molar-refractivity contribution is 5.66. The van der Waals surface area contributed by atoms with Crippen molar-refractivity contribution in [3.8, 4) is 11.1 Å². The second-order valence-corrected chi connectivity index (χ2v) is 10.5. The third kappa shape index (κ3) is 6.21. The minimum absolute atomic E-state index is 0.0194. The minimum atomic E-state index is -1.26. The third-order valence-electron chi connectivity index (χ3n) is 7.94. The van der Waals surface area contributed by atoms with Gasteiger partial charge < -0.3 is 14.6 Å². The molecule has 2 heterocycles. The van der Waals surface area contributed by atoms with E-state index in [2.05, 4.69) is 6.92 Å². The van der Waals surface area contributed by atoms with Crippen molar-refractivity contribution in [3.05, 3.63) is 58.7 Å². The van der Waals surface area contributed by atoms with Crippen molar-refractivity contribution in [2.24, 2.45) is 0 Å². The molecule has 2 aromatic rings. The van der Waals surface area contributed by atoms with Gasteiger partial charge in [-0.3, -0.25) is 0 Å². The highest BCUT2D eigenvalue weighted by Gasteiger charge is 2.34. The summed E-state index contributed by atoms with van der Waals surface area (Å²) < 4.78 is 72.1. The van der Waals surface area contributed by atoms with Crippen LogP contribution in [0.5, 0.6) is 0 Å². The Kier molecular flexibility index (Phi) is 9.65. The largest absolute Gasteiger partial charge is 0.378 e. The molecule has 0 aliphatic carbocycles. The average Bonchev–Trinajstić information content (AvgIpc) is 2.89. The standard InChI is InChI=1S/C30H38F4O3/c1-3-5-6-8-19-10-9-18(17-36-19)21-13-14-22(27(32)26(21)31)23-15-16-24(29(34)28(23)33)25-12-11-20(7-4-2)37-30(25)35/h13-16,18-20,25,30,35H,3-12,17H2,1-2H3. The van der Waals surface area contributed by atoms with Gasteiger partial charge in [0.05, 0.1) is 18.8 Å². The van der Waals surface area contributed by atoms with Crippen LogP contribution < -0.4 is 0 Å². The van der Waals surface area contributed by atoms with Gasteiger partial charge in [-0.1, -0.05) is 63.8 Å². The lowest BCUT2D eigenvalue weighted by Crippen LogP contribution is -2.34. The van der Waals surface area contributed by atoms with Crippen LogP contribution in [0.1, 0.15) is 101 Å². The highest BCUT2D eigenvalue weighted by Crippen LogP contribution is 2.39. The van der Waals surface area contributed by atoms with Crippen molar-refractivity contribution >= 4 is 0 Å². The summed E-state index contributed by atoms with van der Waals surface area (Å²) in [5.41, 5.74) is -0.499. The molecule has 7 heteroatoms. The number of aliphatic hydroxyl groups excluding tert-OH is 1. The molecule has 1 N–H and O–H groups in total. The van der Waals surface area contributed by atoms with Gasteiger partial charge in [0, 0.05) is 23.0 Å². The summed E-state index contributed by atoms with van der Waals surface area (Å²) in [6.45, 7) is 4.47. The Balaban J connectivity index is 1.50. The van der Waals surface area contributed by atoms with Gasteiger partial charge in [0.25, 0.3) is 0 Å². The predicted octanol–water partition coefficient (Wildman–Crippen LogP) is 8.13. The van der Waals surface area contributed by atoms with Crippen LogP contribution in [0.3, 0.4) is 0 Å². The van der Waals surface area contributed by atoms with E-state index in [1.165, 1.54) is 24.3 Å². The molecule has 3 nitrogen and oxygen atoms in total. The molecule has 0 bridgehead atoms. The fourth-order valence-electron chi connectivity index (χ4n) is 5.76. The molecule has 5 unspecified atom stereocenters. The molecule has 0 spiro atoms. The molecule has 2 aromatic carbocycles. The molecular formula is C30H38F4O3. The maximum atomic E-state index is 15.2. The van der Waals surface area contributed by atoms with Crippen LogP contribution in [0, 0.1) is 23.3 Å². The number of unbranched alkanes of at least 4 members (excludes halogenated alkanes) is 2. The topological polar surface area (TPSA) is 38.7 Å². The molecule has 37 heavy (non-hydrogen) atoms. The summed E-state index contributed by atoms with van der Waals surface area (Å²) in [7, 11) is 0. The quantitative estimate of drug-likeness (QED) is 0.267. The van der Waals surface area contributed by atoms with E-state index in [0.717, 1.165) is 44.9 Å². The van der Waals surface area contributed by atoms with Crippen LogP contribution in [0.4, 0.5) is 17.6 Å². The van der Waals surface area contributed by atoms with Crippen molar-refractivity contribution in [3.63, 3.8) is 0 Å². The molecular weight excluding hydrogens is 484 g/mol. The zero-order chi connectivity index (χ0) is 26.5. The maximum Gasteiger partial charge on any atom is 0.167 e. The second kappa shape index (κ2) is 12.7. The molecule has 2 saturated heterocycles. The van der Waals surface area contributed by atoms with Gasteiger partial charge in [0.15, 0.2) is 29.6 Å². The molecule has 2 aliphatic rings. The summed E-state index contributed by atoms with van der Waals surface area (Å²) in [4.78, 5) is 0. The first kappa shape index (κ1) is 28.1. The van der Waals surface area contributed by atoms with Crippen LogP contribution in [-0.4, -0.2) is 30.2 Å². The molecule has 204 valence electrons. The summed E-state index contributed by atoms with van der Waals surface area (Å²) in [6, 6.07) is 5.36. The van der Waals surface area contributed by atoms with E-state index in [4.69, 9.17) is 9.47 Å². The number of halogens is 4. The number of benzene rings is 2. The smallest absolute Gasteiger partial charge is 0.167 e. The van der Waals surface area contributed by atoms with Gasteiger partial charge in [0.1, 0.15) is 0 Å². The first-order chi connectivity index (χ1) is 17.8. The summed E-state index contributed by atoms with van der Waals surface area (Å²) in [6.07, 6.45) is 7.37. The number of ether oxygens (including phenoxy) is 2. The van der Waals surface area contributed by atoms with Crippen molar-refractivity contribution < 1.29 is 32.1 Å². The van der Waals surface area contributed by atoms with Gasteiger partial charge in [0.2, 0.25) is 0 Å². The highest BCUT2D eigenvalue weighted by atomic mass is 19.2.